The van der Waals surface area contributed by atoms with Crippen LogP contribution in [0.1, 0.15) is 37.4 Å². The minimum absolute atomic E-state index is 0.523. The van der Waals surface area contributed by atoms with Crippen molar-refractivity contribution >= 4 is 10.9 Å². The summed E-state index contributed by atoms with van der Waals surface area (Å²) in [5.74, 6) is 0.887. The van der Waals surface area contributed by atoms with E-state index in [4.69, 9.17) is 4.74 Å². The van der Waals surface area contributed by atoms with Gasteiger partial charge in [-0.3, -0.25) is 4.68 Å². The van der Waals surface area contributed by atoms with Crippen LogP contribution >= 0.6 is 0 Å². The lowest BCUT2D eigenvalue weighted by Crippen LogP contribution is -2.06. The monoisotopic (exact) mass is 281 g/mol. The van der Waals surface area contributed by atoms with E-state index in [1.54, 1.807) is 0 Å². The van der Waals surface area contributed by atoms with Crippen LogP contribution in [0, 0.1) is 0 Å². The lowest BCUT2D eigenvalue weighted by Gasteiger charge is -2.09. The first kappa shape index (κ1) is 12.5. The molecule has 0 unspecified atom stereocenters. The van der Waals surface area contributed by atoms with Gasteiger partial charge in [0.05, 0.1) is 11.7 Å². The first-order chi connectivity index (χ1) is 10.4. The van der Waals surface area contributed by atoms with E-state index in [1.165, 1.54) is 31.1 Å². The van der Waals surface area contributed by atoms with Crippen LogP contribution in [0.4, 0.5) is 0 Å². The van der Waals surface area contributed by atoms with Gasteiger partial charge in [0.25, 0.3) is 0 Å². The quantitative estimate of drug-likeness (QED) is 0.783. The second kappa shape index (κ2) is 5.28. The first-order valence-electron chi connectivity index (χ1n) is 7.62. The third-order valence-corrected chi connectivity index (χ3v) is 4.27. The largest absolute Gasteiger partial charge is 0.487 e. The van der Waals surface area contributed by atoms with Crippen LogP contribution < -0.4 is 4.74 Å². The van der Waals surface area contributed by atoms with E-state index in [2.05, 4.69) is 39.2 Å². The summed E-state index contributed by atoms with van der Waals surface area (Å²) in [6.45, 7) is 0.523. The Kier molecular flexibility index (Phi) is 3.14. The van der Waals surface area contributed by atoms with Crippen LogP contribution in [-0.4, -0.2) is 14.8 Å². The normalized spacial score (nSPS) is 15.8. The predicted molar refractivity (Wildman–Crippen MR) is 82.4 cm³/mol. The number of nitrogens with one attached hydrogen (secondary N) is 1. The highest BCUT2D eigenvalue weighted by molar-refractivity contribution is 5.80. The molecule has 108 valence electrons. The van der Waals surface area contributed by atoms with Crippen molar-refractivity contribution in [2.24, 2.45) is 0 Å². The molecule has 1 aliphatic carbocycles. The number of aromatic amines is 1. The molecule has 0 amide bonds. The Labute approximate surface area is 123 Å². The number of ether oxygens (including phenoxy) is 1. The van der Waals surface area contributed by atoms with E-state index in [-0.39, 0.29) is 0 Å². The molecule has 2 heterocycles. The summed E-state index contributed by atoms with van der Waals surface area (Å²) in [5, 5.41) is 5.82. The Morgan fingerprint density at radius 1 is 1.19 bits per heavy atom. The molecule has 1 aromatic carbocycles. The second-order valence-corrected chi connectivity index (χ2v) is 5.74. The molecular formula is C17H19N3O. The fourth-order valence-corrected chi connectivity index (χ4v) is 3.10. The summed E-state index contributed by atoms with van der Waals surface area (Å²) < 4.78 is 7.97. The Morgan fingerprint density at radius 3 is 3.00 bits per heavy atom. The van der Waals surface area contributed by atoms with Crippen molar-refractivity contribution in [3.05, 3.63) is 48.4 Å². The van der Waals surface area contributed by atoms with Crippen LogP contribution in [0.15, 0.2) is 42.7 Å². The Morgan fingerprint density at radius 2 is 2.10 bits per heavy atom. The van der Waals surface area contributed by atoms with Gasteiger partial charge in [-0.05, 0) is 43.2 Å². The molecule has 1 fully saturated rings. The molecule has 21 heavy (non-hydrogen) atoms. The number of benzene rings is 1. The smallest absolute Gasteiger partial charge is 0.132 e. The highest BCUT2D eigenvalue weighted by Gasteiger charge is 2.17. The van der Waals surface area contributed by atoms with E-state index in [9.17, 15) is 0 Å². The topological polar surface area (TPSA) is 42.8 Å². The van der Waals surface area contributed by atoms with Gasteiger partial charge in [0.15, 0.2) is 0 Å². The third kappa shape index (κ3) is 2.53. The van der Waals surface area contributed by atoms with Crippen LogP contribution in [0.3, 0.4) is 0 Å². The van der Waals surface area contributed by atoms with Crippen LogP contribution in [0.25, 0.3) is 10.9 Å². The van der Waals surface area contributed by atoms with Crippen molar-refractivity contribution in [3.8, 4) is 5.75 Å². The van der Waals surface area contributed by atoms with Crippen molar-refractivity contribution in [2.45, 2.75) is 38.3 Å². The van der Waals surface area contributed by atoms with Crippen LogP contribution in [-0.2, 0) is 6.61 Å². The number of fused-ring (bicyclic) bond motifs is 1. The summed E-state index contributed by atoms with van der Waals surface area (Å²) in [7, 11) is 0. The zero-order valence-corrected chi connectivity index (χ0v) is 12.0. The summed E-state index contributed by atoms with van der Waals surface area (Å²) in [6, 6.07) is 10.8. The molecule has 0 aliphatic heterocycles. The molecular weight excluding hydrogens is 262 g/mol. The molecule has 0 saturated heterocycles. The molecule has 4 heteroatoms. The van der Waals surface area contributed by atoms with Gasteiger partial charge in [0.1, 0.15) is 12.4 Å². The van der Waals surface area contributed by atoms with E-state index >= 15 is 0 Å². The molecule has 1 aliphatic rings. The average Bonchev–Trinajstić information content (AvgIpc) is 3.24. The highest BCUT2D eigenvalue weighted by Crippen LogP contribution is 2.28. The maximum absolute atomic E-state index is 5.86. The molecule has 0 spiro atoms. The maximum Gasteiger partial charge on any atom is 0.132 e. The van der Waals surface area contributed by atoms with Gasteiger partial charge in [-0.2, -0.15) is 5.10 Å². The van der Waals surface area contributed by atoms with Crippen molar-refractivity contribution in [2.75, 3.05) is 0 Å². The lowest BCUT2D eigenvalue weighted by molar-refractivity contribution is 0.298. The van der Waals surface area contributed by atoms with Gasteiger partial charge < -0.3 is 9.72 Å². The van der Waals surface area contributed by atoms with Crippen molar-refractivity contribution < 1.29 is 4.74 Å². The standard InChI is InChI=1S/C17H19N3O/c1-2-4-15(3-1)20-10-8-14(19-20)12-21-16-5-6-17-13(11-16)7-9-18-17/h5-11,15,18H,1-4,12H2. The molecule has 1 saturated carbocycles. The van der Waals surface area contributed by atoms with Gasteiger partial charge in [0.2, 0.25) is 0 Å². The average molecular weight is 281 g/mol. The molecule has 2 aromatic heterocycles. The van der Waals surface area contributed by atoms with Crippen molar-refractivity contribution in [1.29, 1.82) is 0 Å². The fraction of sp³-hybridized carbons (Fsp3) is 0.353. The SMILES string of the molecule is c1cc2cc(OCc3ccn(C4CCCC4)n3)ccc2[nH]1. The summed E-state index contributed by atoms with van der Waals surface area (Å²) in [5.41, 5.74) is 2.13. The lowest BCUT2D eigenvalue weighted by atomic mass is 10.2. The zero-order valence-electron chi connectivity index (χ0n) is 12.0. The van der Waals surface area contributed by atoms with E-state index in [1.807, 2.05) is 18.3 Å². The maximum atomic E-state index is 5.86. The van der Waals surface area contributed by atoms with E-state index in [0.717, 1.165) is 17.0 Å². The summed E-state index contributed by atoms with van der Waals surface area (Å²) >= 11 is 0. The molecule has 0 atom stereocenters. The number of H-pyrrole nitrogens is 1. The molecule has 4 rings (SSSR count). The summed E-state index contributed by atoms with van der Waals surface area (Å²) in [6.07, 6.45) is 9.19. The zero-order chi connectivity index (χ0) is 14.1. The number of rotatable bonds is 4. The van der Waals surface area contributed by atoms with E-state index in [0.29, 0.717) is 12.6 Å². The van der Waals surface area contributed by atoms with Gasteiger partial charge >= 0.3 is 0 Å². The van der Waals surface area contributed by atoms with Gasteiger partial charge in [-0.1, -0.05) is 12.8 Å². The third-order valence-electron chi connectivity index (χ3n) is 4.27. The van der Waals surface area contributed by atoms with Crippen molar-refractivity contribution in [3.63, 3.8) is 0 Å². The Hall–Kier alpha value is -2.23. The summed E-state index contributed by atoms with van der Waals surface area (Å²) in [4.78, 5) is 3.18. The van der Waals surface area contributed by atoms with Gasteiger partial charge in [-0.15, -0.1) is 0 Å². The molecule has 4 nitrogen and oxygen atoms in total. The second-order valence-electron chi connectivity index (χ2n) is 5.74. The molecule has 0 radical (unpaired) electrons. The fourth-order valence-electron chi connectivity index (χ4n) is 3.10. The Bertz CT molecular complexity index is 737. The minimum Gasteiger partial charge on any atom is -0.487 e. The van der Waals surface area contributed by atoms with Crippen LogP contribution in [0.5, 0.6) is 5.75 Å². The van der Waals surface area contributed by atoms with Gasteiger partial charge in [-0.25, -0.2) is 0 Å². The molecule has 0 bridgehead atoms. The predicted octanol–water partition coefficient (Wildman–Crippen LogP) is 4.06. The molecule has 1 N–H and O–H groups in total. The molecule has 3 aromatic rings. The number of aromatic nitrogens is 3. The number of hydrogen-bond donors (Lipinski definition) is 1. The van der Waals surface area contributed by atoms with Crippen molar-refractivity contribution in [1.82, 2.24) is 14.8 Å². The first-order valence-corrected chi connectivity index (χ1v) is 7.62. The number of hydrogen-bond acceptors (Lipinski definition) is 2. The Balaban J connectivity index is 1.43. The number of nitrogens with zero attached hydrogens (tertiary/aromatic N) is 2. The minimum atomic E-state index is 0.523. The van der Waals surface area contributed by atoms with Gasteiger partial charge in [0, 0.05) is 23.3 Å². The van der Waals surface area contributed by atoms with E-state index < -0.39 is 0 Å². The van der Waals surface area contributed by atoms with Crippen LogP contribution in [0.2, 0.25) is 0 Å². The highest BCUT2D eigenvalue weighted by atomic mass is 16.5.